The van der Waals surface area contributed by atoms with Gasteiger partial charge in [0.25, 0.3) is 0 Å². The second-order valence-corrected chi connectivity index (χ2v) is 11.3. The van der Waals surface area contributed by atoms with Gasteiger partial charge in [0.15, 0.2) is 14.1 Å². The topological polar surface area (TPSA) is 18.5 Å². The van der Waals surface area contributed by atoms with E-state index in [4.69, 9.17) is 9.16 Å². The maximum absolute atomic E-state index is 6.43. The lowest BCUT2D eigenvalue weighted by molar-refractivity contribution is -0.110. The Kier molecular flexibility index (Phi) is 3.67. The molecule has 0 saturated heterocycles. The molecule has 0 unspecified atom stereocenters. The van der Waals surface area contributed by atoms with Crippen LogP contribution in [0.1, 0.15) is 25.8 Å². The molecule has 1 fully saturated rings. The Bertz CT molecular complexity index is 438. The van der Waals surface area contributed by atoms with Crippen molar-refractivity contribution in [3.8, 4) is 0 Å². The molecule has 0 radical (unpaired) electrons. The fourth-order valence-electron chi connectivity index (χ4n) is 3.28. The number of benzene rings is 1. The zero-order valence-corrected chi connectivity index (χ0v) is 14.0. The number of hydrogen-bond acceptors (Lipinski definition) is 2. The summed E-state index contributed by atoms with van der Waals surface area (Å²) in [5, 5.41) is 0. The number of ether oxygens (including phenoxy) is 1. The van der Waals surface area contributed by atoms with Gasteiger partial charge in [-0.25, -0.2) is 0 Å². The predicted molar refractivity (Wildman–Crippen MR) is 81.7 cm³/mol. The lowest BCUT2D eigenvalue weighted by atomic mass is 9.84. The van der Waals surface area contributed by atoms with Crippen molar-refractivity contribution in [2.24, 2.45) is 5.92 Å². The van der Waals surface area contributed by atoms with E-state index < -0.39 is 14.1 Å². The zero-order valence-electron chi connectivity index (χ0n) is 13.0. The minimum absolute atomic E-state index is 0.00326. The molecule has 2 atom stereocenters. The van der Waals surface area contributed by atoms with E-state index in [-0.39, 0.29) is 5.41 Å². The van der Waals surface area contributed by atoms with E-state index in [2.05, 4.69) is 63.8 Å². The van der Waals surface area contributed by atoms with Crippen LogP contribution in [0.15, 0.2) is 30.3 Å². The molecule has 0 aromatic heterocycles. The number of hydrogen-bond donors (Lipinski definition) is 0. The lowest BCUT2D eigenvalue weighted by Crippen LogP contribution is -2.41. The third-order valence-corrected chi connectivity index (χ3v) is 5.08. The molecular weight excluding hydrogens is 252 g/mol. The first kappa shape index (κ1) is 14.8. The van der Waals surface area contributed by atoms with E-state index in [1.165, 1.54) is 5.56 Å². The second-order valence-electron chi connectivity index (χ2n) is 6.84. The average molecular weight is 278 g/mol. The molecule has 1 aromatic carbocycles. The van der Waals surface area contributed by atoms with Crippen LogP contribution < -0.4 is 0 Å². The van der Waals surface area contributed by atoms with Gasteiger partial charge in [0, 0.05) is 13.5 Å². The Balaban J connectivity index is 2.40. The molecule has 1 aliphatic rings. The van der Waals surface area contributed by atoms with E-state index in [9.17, 15) is 0 Å². The highest BCUT2D eigenvalue weighted by atomic mass is 28.4. The first-order chi connectivity index (χ1) is 8.77. The number of methoxy groups -OCH3 is 1. The van der Waals surface area contributed by atoms with Crippen LogP contribution in [0.5, 0.6) is 0 Å². The molecule has 0 aliphatic heterocycles. The minimum atomic E-state index is -1.64. The van der Waals surface area contributed by atoms with Crippen molar-refractivity contribution >= 4 is 8.32 Å². The van der Waals surface area contributed by atoms with E-state index in [1.54, 1.807) is 7.11 Å². The smallest absolute Gasteiger partial charge is 0.187 e. The van der Waals surface area contributed by atoms with Crippen molar-refractivity contribution in [2.45, 2.75) is 51.1 Å². The lowest BCUT2D eigenvalue weighted by Gasteiger charge is -2.33. The summed E-state index contributed by atoms with van der Waals surface area (Å²) in [4.78, 5) is 0. The van der Waals surface area contributed by atoms with Crippen molar-refractivity contribution in [3.05, 3.63) is 35.9 Å². The Hall–Kier alpha value is -0.643. The van der Waals surface area contributed by atoms with Gasteiger partial charge in [0.2, 0.25) is 0 Å². The van der Waals surface area contributed by atoms with Crippen molar-refractivity contribution < 1.29 is 9.16 Å². The maximum Gasteiger partial charge on any atom is 0.187 e. The van der Waals surface area contributed by atoms with Crippen LogP contribution in [-0.4, -0.2) is 21.2 Å². The molecule has 19 heavy (non-hydrogen) atoms. The highest BCUT2D eigenvalue weighted by Crippen LogP contribution is 2.65. The van der Waals surface area contributed by atoms with Crippen molar-refractivity contribution in [1.29, 1.82) is 0 Å². The molecular formula is C16H26O2Si. The molecule has 0 heterocycles. The zero-order chi connectivity index (χ0) is 14.3. The van der Waals surface area contributed by atoms with Gasteiger partial charge in [-0.3, -0.25) is 0 Å². The number of rotatable bonds is 5. The Labute approximate surface area is 118 Å². The highest BCUT2D eigenvalue weighted by Gasteiger charge is 2.72. The fraction of sp³-hybridized carbons (Fsp3) is 0.625. The molecule has 0 spiro atoms. The quantitative estimate of drug-likeness (QED) is 0.594. The summed E-state index contributed by atoms with van der Waals surface area (Å²) in [5.74, 6) is 0.0682. The van der Waals surface area contributed by atoms with E-state index in [0.29, 0.717) is 5.92 Å². The van der Waals surface area contributed by atoms with Crippen LogP contribution in [0.25, 0.3) is 0 Å². The van der Waals surface area contributed by atoms with Gasteiger partial charge < -0.3 is 9.16 Å². The van der Waals surface area contributed by atoms with Crippen molar-refractivity contribution in [3.63, 3.8) is 0 Å². The van der Waals surface area contributed by atoms with Crippen LogP contribution >= 0.6 is 0 Å². The first-order valence-corrected chi connectivity index (χ1v) is 10.5. The molecule has 1 aliphatic carbocycles. The van der Waals surface area contributed by atoms with Gasteiger partial charge in [-0.1, -0.05) is 44.2 Å². The van der Waals surface area contributed by atoms with Crippen LogP contribution in [0, 0.1) is 5.92 Å². The average Bonchev–Trinajstić information content (AvgIpc) is 2.99. The molecule has 0 bridgehead atoms. The third-order valence-electron chi connectivity index (χ3n) is 4.14. The van der Waals surface area contributed by atoms with Crippen LogP contribution in [0.3, 0.4) is 0 Å². The summed E-state index contributed by atoms with van der Waals surface area (Å²) in [6.07, 6.45) is 0.961. The SMILES string of the molecule is CO[C@@]1(O[Si](C)(C)C)C[C@]1(c1ccccc1)C(C)C. The van der Waals surface area contributed by atoms with Gasteiger partial charge in [-0.05, 0) is 31.1 Å². The minimum Gasteiger partial charge on any atom is -0.390 e. The predicted octanol–water partition coefficient (Wildman–Crippen LogP) is 4.18. The van der Waals surface area contributed by atoms with Gasteiger partial charge in [-0.2, -0.15) is 0 Å². The molecule has 0 N–H and O–H groups in total. The van der Waals surface area contributed by atoms with Gasteiger partial charge >= 0.3 is 0 Å². The monoisotopic (exact) mass is 278 g/mol. The summed E-state index contributed by atoms with van der Waals surface area (Å²) in [5.41, 5.74) is 1.34. The summed E-state index contributed by atoms with van der Waals surface area (Å²) < 4.78 is 12.3. The summed E-state index contributed by atoms with van der Waals surface area (Å²) in [6.45, 7) is 11.2. The summed E-state index contributed by atoms with van der Waals surface area (Å²) in [7, 11) is 0.141. The van der Waals surface area contributed by atoms with Crippen molar-refractivity contribution in [1.82, 2.24) is 0 Å². The van der Waals surface area contributed by atoms with Crippen LogP contribution in [0.2, 0.25) is 19.6 Å². The molecule has 1 aromatic rings. The van der Waals surface area contributed by atoms with Crippen LogP contribution in [-0.2, 0) is 14.6 Å². The van der Waals surface area contributed by atoms with Gasteiger partial charge in [0.05, 0.1) is 5.41 Å². The first-order valence-electron chi connectivity index (χ1n) is 7.08. The normalized spacial score (nSPS) is 30.7. The summed E-state index contributed by atoms with van der Waals surface area (Å²) >= 11 is 0. The molecule has 1 saturated carbocycles. The molecule has 0 amide bonds. The maximum atomic E-state index is 6.43. The van der Waals surface area contributed by atoms with E-state index in [1.807, 2.05) is 0 Å². The standard InChI is InChI=1S/C16H26O2Si/c1-13(2)15(14-10-8-7-9-11-14)12-16(15,17-3)18-19(4,5)6/h7-11,13H,12H2,1-6H3/t15-,16-/m1/s1. The fourth-order valence-corrected chi connectivity index (χ4v) is 4.60. The van der Waals surface area contributed by atoms with Gasteiger partial charge in [-0.15, -0.1) is 0 Å². The van der Waals surface area contributed by atoms with Crippen LogP contribution in [0.4, 0.5) is 0 Å². The Morgan fingerprint density at radius 1 is 1.11 bits per heavy atom. The van der Waals surface area contributed by atoms with E-state index in [0.717, 1.165) is 6.42 Å². The molecule has 106 valence electrons. The van der Waals surface area contributed by atoms with E-state index >= 15 is 0 Å². The second kappa shape index (κ2) is 4.72. The Morgan fingerprint density at radius 3 is 2.11 bits per heavy atom. The Morgan fingerprint density at radius 2 is 1.68 bits per heavy atom. The molecule has 2 rings (SSSR count). The summed E-state index contributed by atoms with van der Waals surface area (Å²) in [6, 6.07) is 10.7. The third kappa shape index (κ3) is 2.39. The molecule has 2 nitrogen and oxygen atoms in total. The van der Waals surface area contributed by atoms with Gasteiger partial charge in [0.1, 0.15) is 0 Å². The molecule has 3 heteroatoms. The van der Waals surface area contributed by atoms with Crippen molar-refractivity contribution in [2.75, 3.05) is 7.11 Å². The highest BCUT2D eigenvalue weighted by molar-refractivity contribution is 6.69. The largest absolute Gasteiger partial charge is 0.390 e.